The smallest absolute Gasteiger partial charge is 0.450 e. The molecule has 1 aromatic heterocycles. The lowest BCUT2D eigenvalue weighted by Gasteiger charge is -2.55. The Morgan fingerprint density at radius 3 is 2.18 bits per heavy atom. The molecule has 6 rings (SSSR count). The molecule has 57 heavy (non-hydrogen) atoms. The number of carbonyl (C=O) groups is 4. The fraction of sp³-hybridized carbons (Fsp3) is 0.659. The predicted octanol–water partition coefficient (Wildman–Crippen LogP) is 7.41. The van der Waals surface area contributed by atoms with Crippen molar-refractivity contribution in [1.82, 2.24) is 24.7 Å². The molecule has 2 spiro atoms. The highest BCUT2D eigenvalue weighted by Gasteiger charge is 2.61. The van der Waals surface area contributed by atoms with E-state index in [-0.39, 0.29) is 47.1 Å². The Bertz CT molecular complexity index is 1830. The minimum atomic E-state index is -5.19. The molecule has 1 aliphatic carbocycles. The molecule has 0 N–H and O–H groups in total. The summed E-state index contributed by atoms with van der Waals surface area (Å²) in [5.41, 5.74) is -1.98. The number of hydrogen-bond acceptors (Lipinski definition) is 10. The number of anilines is 1. The van der Waals surface area contributed by atoms with Crippen LogP contribution in [0.4, 0.5) is 28.2 Å². The van der Waals surface area contributed by atoms with Crippen molar-refractivity contribution in [1.29, 1.82) is 0 Å². The van der Waals surface area contributed by atoms with E-state index in [1.807, 2.05) is 27.7 Å². The molecule has 312 valence electrons. The van der Waals surface area contributed by atoms with Gasteiger partial charge in [-0.25, -0.2) is 24.1 Å². The zero-order valence-corrected chi connectivity index (χ0v) is 33.8. The minimum absolute atomic E-state index is 0.0690. The van der Waals surface area contributed by atoms with Crippen LogP contribution in [0, 0.1) is 23.1 Å². The number of rotatable bonds is 9. The molecule has 0 bridgehead atoms. The van der Waals surface area contributed by atoms with Crippen molar-refractivity contribution in [2.45, 2.75) is 123 Å². The quantitative estimate of drug-likeness (QED) is 0.187. The van der Waals surface area contributed by atoms with Crippen LogP contribution >= 0.6 is 0 Å². The molecule has 4 heterocycles. The molecule has 0 radical (unpaired) electrons. The average molecular weight is 803 g/mol. The highest BCUT2D eigenvalue weighted by Crippen LogP contribution is 2.49. The number of Topliss-reactive ketones (excluding diaryl/α,β-unsaturated/α-hetero) is 1. The SMILES string of the molecule is CC(C)N(C(=O)c1cc(F)ccc1Oc1cncnc1N1CC2(CCN(CC3CCC4(CC3)CC(C(=O)C(F)(F)F)C(=O)N4C(=O)OC(C)(C)C)CC2)C1)C(C)C. The van der Waals surface area contributed by atoms with Crippen LogP contribution in [0.2, 0.25) is 0 Å². The summed E-state index contributed by atoms with van der Waals surface area (Å²) in [4.78, 5) is 68.1. The van der Waals surface area contributed by atoms with Gasteiger partial charge in [-0.1, -0.05) is 0 Å². The second-order valence-corrected chi connectivity index (χ2v) is 18.0. The number of ether oxygens (including phenoxy) is 2. The zero-order chi connectivity index (χ0) is 41.7. The van der Waals surface area contributed by atoms with Crippen LogP contribution in [0.5, 0.6) is 11.5 Å². The summed E-state index contributed by atoms with van der Waals surface area (Å²) in [6, 6.07) is 3.68. The van der Waals surface area contributed by atoms with Crippen molar-refractivity contribution < 1.29 is 46.2 Å². The molecule has 4 aliphatic rings. The van der Waals surface area contributed by atoms with Crippen LogP contribution in [-0.2, 0) is 14.3 Å². The van der Waals surface area contributed by atoms with Gasteiger partial charge in [0, 0.05) is 37.1 Å². The van der Waals surface area contributed by atoms with Crippen molar-refractivity contribution in [3.63, 3.8) is 0 Å². The summed E-state index contributed by atoms with van der Waals surface area (Å²) in [6.45, 7) is 16.5. The molecule has 4 fully saturated rings. The maximum atomic E-state index is 14.4. The number of nitrogens with zero attached hydrogens (tertiary/aromatic N) is 6. The van der Waals surface area contributed by atoms with E-state index in [2.05, 4.69) is 19.8 Å². The number of alkyl halides is 3. The molecule has 1 unspecified atom stereocenters. The number of piperidine rings is 1. The summed E-state index contributed by atoms with van der Waals surface area (Å²) >= 11 is 0. The molecule has 16 heteroatoms. The largest absolute Gasteiger partial charge is 0.451 e. The van der Waals surface area contributed by atoms with E-state index in [1.165, 1.54) is 24.5 Å². The highest BCUT2D eigenvalue weighted by molar-refractivity contribution is 6.10. The molecule has 3 amide bonds. The first-order chi connectivity index (χ1) is 26.6. The number of hydrogen-bond donors (Lipinski definition) is 0. The Morgan fingerprint density at radius 1 is 0.965 bits per heavy atom. The molecular formula is C41H54F4N6O6. The fourth-order valence-corrected chi connectivity index (χ4v) is 9.27. The summed E-state index contributed by atoms with van der Waals surface area (Å²) in [5, 5.41) is 0. The fourth-order valence-electron chi connectivity index (χ4n) is 9.27. The van der Waals surface area contributed by atoms with Crippen LogP contribution in [0.25, 0.3) is 0 Å². The van der Waals surface area contributed by atoms with Gasteiger partial charge in [0.25, 0.3) is 5.91 Å². The van der Waals surface area contributed by atoms with Crippen LogP contribution in [0.3, 0.4) is 0 Å². The molecule has 2 aromatic rings. The molecule has 1 aromatic carbocycles. The third-order valence-electron chi connectivity index (χ3n) is 12.0. The first kappa shape index (κ1) is 42.3. The van der Waals surface area contributed by atoms with E-state index in [1.54, 1.807) is 31.9 Å². The van der Waals surface area contributed by atoms with Crippen LogP contribution in [-0.4, -0.2) is 110 Å². The Hall–Kier alpha value is -4.34. The van der Waals surface area contributed by atoms with Crippen LogP contribution < -0.4 is 9.64 Å². The Kier molecular flexibility index (Phi) is 11.7. The second kappa shape index (κ2) is 15.8. The third kappa shape index (κ3) is 8.90. The number of imide groups is 1. The van der Waals surface area contributed by atoms with E-state index in [0.29, 0.717) is 37.3 Å². The number of ketones is 1. The molecule has 3 aliphatic heterocycles. The number of carbonyl (C=O) groups excluding carboxylic acids is 4. The Morgan fingerprint density at radius 2 is 1.60 bits per heavy atom. The van der Waals surface area contributed by atoms with Crippen LogP contribution in [0.15, 0.2) is 30.7 Å². The second-order valence-electron chi connectivity index (χ2n) is 18.0. The van der Waals surface area contributed by atoms with Gasteiger partial charge >= 0.3 is 12.3 Å². The van der Waals surface area contributed by atoms with Gasteiger partial charge in [-0.15, -0.1) is 0 Å². The minimum Gasteiger partial charge on any atom is -0.451 e. The van der Waals surface area contributed by atoms with Gasteiger partial charge in [0.05, 0.1) is 17.3 Å². The van der Waals surface area contributed by atoms with Gasteiger partial charge < -0.3 is 24.2 Å². The van der Waals surface area contributed by atoms with Gasteiger partial charge in [-0.05, 0) is 131 Å². The van der Waals surface area contributed by atoms with Gasteiger partial charge in [-0.3, -0.25) is 14.4 Å². The molecule has 12 nitrogen and oxygen atoms in total. The van der Waals surface area contributed by atoms with E-state index in [0.717, 1.165) is 50.5 Å². The standard InChI is InChI=1S/C41H54F4N6O6/c1-25(2)50(26(3)4)35(53)29-18-28(42)8-9-31(29)56-32-20-46-24-47-34(32)49-22-39(23-49)14-16-48(17-15-39)21-27-10-12-40(13-11-27)19-30(33(52)41(43,44)45)36(54)51(40)37(55)57-38(5,6)7/h8-9,18,20,24-27,30H,10-17,19,21-23H2,1-7H3. The van der Waals surface area contributed by atoms with E-state index >= 15 is 0 Å². The summed E-state index contributed by atoms with van der Waals surface area (Å²) in [6.07, 6.45) is 0.153. The molecule has 1 atom stereocenters. The normalized spacial score (nSPS) is 24.0. The summed E-state index contributed by atoms with van der Waals surface area (Å²) in [5.74, 6) is -4.69. The maximum Gasteiger partial charge on any atom is 0.450 e. The Labute approximate surface area is 331 Å². The molecule has 1 saturated carbocycles. The highest BCUT2D eigenvalue weighted by atomic mass is 19.4. The monoisotopic (exact) mass is 802 g/mol. The van der Waals surface area contributed by atoms with Crippen molar-refractivity contribution >= 4 is 29.5 Å². The Balaban J connectivity index is 1.05. The first-order valence-corrected chi connectivity index (χ1v) is 19.9. The number of amides is 3. The van der Waals surface area contributed by atoms with Gasteiger partial charge in [0.2, 0.25) is 11.7 Å². The van der Waals surface area contributed by atoms with Gasteiger partial charge in [-0.2, -0.15) is 13.2 Å². The predicted molar refractivity (Wildman–Crippen MR) is 202 cm³/mol. The zero-order valence-electron chi connectivity index (χ0n) is 33.8. The number of likely N-dealkylation sites (tertiary alicyclic amines) is 2. The topological polar surface area (TPSA) is 125 Å². The van der Waals surface area contributed by atoms with Crippen molar-refractivity contribution in [3.8, 4) is 11.5 Å². The first-order valence-electron chi connectivity index (χ1n) is 19.9. The van der Waals surface area contributed by atoms with Crippen molar-refractivity contribution in [3.05, 3.63) is 42.1 Å². The lowest BCUT2D eigenvalue weighted by atomic mass is 9.71. The van der Waals surface area contributed by atoms with E-state index < -0.39 is 46.8 Å². The van der Waals surface area contributed by atoms with Crippen LogP contribution in [0.1, 0.15) is 104 Å². The summed E-state index contributed by atoms with van der Waals surface area (Å²) < 4.78 is 66.6. The van der Waals surface area contributed by atoms with Gasteiger partial charge in [0.15, 0.2) is 11.6 Å². The van der Waals surface area contributed by atoms with Crippen molar-refractivity contribution in [2.24, 2.45) is 17.3 Å². The lowest BCUT2D eigenvalue weighted by molar-refractivity contribution is -0.176. The molecular weight excluding hydrogens is 748 g/mol. The number of aromatic nitrogens is 2. The number of benzene rings is 1. The maximum absolute atomic E-state index is 14.4. The van der Waals surface area contributed by atoms with E-state index in [9.17, 15) is 36.7 Å². The number of halogens is 4. The molecule has 3 saturated heterocycles. The van der Waals surface area contributed by atoms with Crippen molar-refractivity contribution in [2.75, 3.05) is 37.6 Å². The average Bonchev–Trinajstić information content (AvgIpc) is 3.38. The van der Waals surface area contributed by atoms with E-state index in [4.69, 9.17) is 9.47 Å². The van der Waals surface area contributed by atoms with Gasteiger partial charge in [0.1, 0.15) is 29.4 Å². The summed E-state index contributed by atoms with van der Waals surface area (Å²) in [7, 11) is 0. The third-order valence-corrected chi connectivity index (χ3v) is 12.0. The lowest BCUT2D eigenvalue weighted by Crippen LogP contribution is -2.61.